The first-order valence-electron chi connectivity index (χ1n) is 7.16. The second-order valence-corrected chi connectivity index (χ2v) is 6.90. The van der Waals surface area contributed by atoms with Gasteiger partial charge in [-0.1, -0.05) is 52.0 Å². The van der Waals surface area contributed by atoms with E-state index in [2.05, 4.69) is 65.8 Å². The molecule has 0 saturated carbocycles. The first-order chi connectivity index (χ1) is 8.65. The summed E-state index contributed by atoms with van der Waals surface area (Å²) in [5.74, 6) is 0. The molecule has 2 heteroatoms. The zero-order valence-corrected chi connectivity index (χ0v) is 13.3. The van der Waals surface area contributed by atoms with E-state index in [9.17, 15) is 0 Å². The standard InChI is InChI=1S/C17H29NO/c1-7-17(5,6)19-12-15(18)13-8-10-14(11-9-13)16(2,3)4/h8-11,15H,7,12,18H2,1-6H3. The number of hydrogen-bond donors (Lipinski definition) is 1. The van der Waals surface area contributed by atoms with Crippen molar-refractivity contribution in [2.75, 3.05) is 6.61 Å². The minimum Gasteiger partial charge on any atom is -0.374 e. The number of nitrogens with two attached hydrogens (primary N) is 1. The van der Waals surface area contributed by atoms with Crippen molar-refractivity contribution < 1.29 is 4.74 Å². The molecule has 1 rings (SSSR count). The van der Waals surface area contributed by atoms with Gasteiger partial charge >= 0.3 is 0 Å². The highest BCUT2D eigenvalue weighted by Gasteiger charge is 2.18. The number of benzene rings is 1. The molecule has 1 atom stereocenters. The molecule has 0 aliphatic carbocycles. The Labute approximate surface area is 118 Å². The van der Waals surface area contributed by atoms with E-state index >= 15 is 0 Å². The molecule has 2 nitrogen and oxygen atoms in total. The summed E-state index contributed by atoms with van der Waals surface area (Å²) >= 11 is 0. The van der Waals surface area contributed by atoms with Crippen molar-refractivity contribution >= 4 is 0 Å². The highest BCUT2D eigenvalue weighted by molar-refractivity contribution is 5.29. The molecule has 0 radical (unpaired) electrons. The fourth-order valence-corrected chi connectivity index (χ4v) is 1.74. The van der Waals surface area contributed by atoms with Crippen LogP contribution >= 0.6 is 0 Å². The van der Waals surface area contributed by atoms with Gasteiger partial charge in [-0.3, -0.25) is 0 Å². The summed E-state index contributed by atoms with van der Waals surface area (Å²) < 4.78 is 5.87. The summed E-state index contributed by atoms with van der Waals surface area (Å²) in [7, 11) is 0. The first-order valence-corrected chi connectivity index (χ1v) is 7.16. The quantitative estimate of drug-likeness (QED) is 0.864. The molecule has 0 aliphatic heterocycles. The summed E-state index contributed by atoms with van der Waals surface area (Å²) in [4.78, 5) is 0. The SMILES string of the molecule is CCC(C)(C)OCC(N)c1ccc(C(C)(C)C)cc1. The predicted molar refractivity (Wildman–Crippen MR) is 82.4 cm³/mol. The van der Waals surface area contributed by atoms with Crippen LogP contribution in [0, 0.1) is 0 Å². The molecule has 1 aromatic carbocycles. The predicted octanol–water partition coefficient (Wildman–Crippen LogP) is 4.19. The monoisotopic (exact) mass is 263 g/mol. The van der Waals surface area contributed by atoms with Gasteiger partial charge in [-0.2, -0.15) is 0 Å². The average Bonchev–Trinajstić information content (AvgIpc) is 2.35. The van der Waals surface area contributed by atoms with Crippen molar-refractivity contribution in [2.24, 2.45) is 5.73 Å². The van der Waals surface area contributed by atoms with Crippen LogP contribution in [0.4, 0.5) is 0 Å². The average molecular weight is 263 g/mol. The highest BCUT2D eigenvalue weighted by atomic mass is 16.5. The zero-order chi connectivity index (χ0) is 14.7. The van der Waals surface area contributed by atoms with Crippen LogP contribution < -0.4 is 5.73 Å². The third-order valence-corrected chi connectivity index (χ3v) is 3.71. The van der Waals surface area contributed by atoms with E-state index in [1.807, 2.05) is 0 Å². The van der Waals surface area contributed by atoms with Crippen LogP contribution in [0.15, 0.2) is 24.3 Å². The van der Waals surface area contributed by atoms with Gasteiger partial charge in [-0.05, 0) is 36.8 Å². The molecular formula is C17H29NO. The minimum absolute atomic E-state index is 0.0557. The van der Waals surface area contributed by atoms with Crippen molar-refractivity contribution in [3.8, 4) is 0 Å². The van der Waals surface area contributed by atoms with Crippen molar-refractivity contribution in [1.29, 1.82) is 0 Å². The molecule has 1 aromatic rings. The maximum absolute atomic E-state index is 6.19. The normalized spacial score (nSPS) is 14.5. The molecule has 0 aliphatic rings. The summed E-state index contributed by atoms with van der Waals surface area (Å²) in [6.45, 7) is 13.5. The summed E-state index contributed by atoms with van der Waals surface area (Å²) in [6, 6.07) is 8.52. The van der Waals surface area contributed by atoms with Gasteiger partial charge in [0.05, 0.1) is 18.2 Å². The molecule has 0 fully saturated rings. The van der Waals surface area contributed by atoms with E-state index in [-0.39, 0.29) is 17.1 Å². The molecule has 19 heavy (non-hydrogen) atoms. The van der Waals surface area contributed by atoms with E-state index in [0.29, 0.717) is 6.61 Å². The lowest BCUT2D eigenvalue weighted by Crippen LogP contribution is -2.28. The lowest BCUT2D eigenvalue weighted by molar-refractivity contribution is -0.0267. The van der Waals surface area contributed by atoms with Crippen LogP contribution in [0.5, 0.6) is 0 Å². The molecule has 108 valence electrons. The Morgan fingerprint density at radius 2 is 1.58 bits per heavy atom. The fraction of sp³-hybridized carbons (Fsp3) is 0.647. The van der Waals surface area contributed by atoms with Crippen LogP contribution in [0.25, 0.3) is 0 Å². The smallest absolute Gasteiger partial charge is 0.0666 e. The van der Waals surface area contributed by atoms with Gasteiger partial charge < -0.3 is 10.5 Å². The van der Waals surface area contributed by atoms with Gasteiger partial charge in [0.25, 0.3) is 0 Å². The summed E-state index contributed by atoms with van der Waals surface area (Å²) in [5.41, 5.74) is 8.75. The molecule has 0 spiro atoms. The van der Waals surface area contributed by atoms with Gasteiger partial charge in [-0.25, -0.2) is 0 Å². The van der Waals surface area contributed by atoms with Crippen molar-refractivity contribution in [3.63, 3.8) is 0 Å². The third-order valence-electron chi connectivity index (χ3n) is 3.71. The van der Waals surface area contributed by atoms with E-state index in [1.54, 1.807) is 0 Å². The third kappa shape index (κ3) is 4.96. The zero-order valence-electron chi connectivity index (χ0n) is 13.3. The first kappa shape index (κ1) is 16.2. The van der Waals surface area contributed by atoms with Crippen molar-refractivity contribution in [1.82, 2.24) is 0 Å². The van der Waals surface area contributed by atoms with Crippen LogP contribution in [-0.2, 0) is 10.2 Å². The molecule has 0 heterocycles. The van der Waals surface area contributed by atoms with Crippen molar-refractivity contribution in [2.45, 2.75) is 65.0 Å². The molecule has 1 unspecified atom stereocenters. The van der Waals surface area contributed by atoms with Crippen LogP contribution in [0.3, 0.4) is 0 Å². The Bertz CT molecular complexity index is 387. The van der Waals surface area contributed by atoms with Crippen LogP contribution in [0.1, 0.15) is 65.1 Å². The molecule has 2 N–H and O–H groups in total. The molecule has 0 aromatic heterocycles. The molecular weight excluding hydrogens is 234 g/mol. The molecule has 0 amide bonds. The van der Waals surface area contributed by atoms with Gasteiger partial charge in [0.2, 0.25) is 0 Å². The lowest BCUT2D eigenvalue weighted by Gasteiger charge is -2.26. The summed E-state index contributed by atoms with van der Waals surface area (Å²) in [6.07, 6.45) is 0.989. The second-order valence-electron chi connectivity index (χ2n) is 6.90. The van der Waals surface area contributed by atoms with Crippen LogP contribution in [0.2, 0.25) is 0 Å². The Kier molecular flexibility index (Phi) is 5.17. The second kappa shape index (κ2) is 6.06. The van der Waals surface area contributed by atoms with E-state index in [1.165, 1.54) is 5.56 Å². The Hall–Kier alpha value is -0.860. The van der Waals surface area contributed by atoms with E-state index < -0.39 is 0 Å². The maximum Gasteiger partial charge on any atom is 0.0666 e. The highest BCUT2D eigenvalue weighted by Crippen LogP contribution is 2.24. The van der Waals surface area contributed by atoms with Crippen LogP contribution in [-0.4, -0.2) is 12.2 Å². The number of ether oxygens (including phenoxy) is 1. The number of hydrogen-bond acceptors (Lipinski definition) is 2. The lowest BCUT2D eigenvalue weighted by atomic mass is 9.86. The maximum atomic E-state index is 6.19. The topological polar surface area (TPSA) is 35.2 Å². The fourth-order valence-electron chi connectivity index (χ4n) is 1.74. The minimum atomic E-state index is -0.0943. The number of rotatable bonds is 5. The molecule has 0 saturated heterocycles. The largest absolute Gasteiger partial charge is 0.374 e. The van der Waals surface area contributed by atoms with E-state index in [0.717, 1.165) is 12.0 Å². The van der Waals surface area contributed by atoms with Gasteiger partial charge in [0.1, 0.15) is 0 Å². The molecule has 0 bridgehead atoms. The Morgan fingerprint density at radius 1 is 1.05 bits per heavy atom. The summed E-state index contributed by atoms with van der Waals surface area (Å²) in [5, 5.41) is 0. The van der Waals surface area contributed by atoms with Gasteiger partial charge in [-0.15, -0.1) is 0 Å². The van der Waals surface area contributed by atoms with Gasteiger partial charge in [0, 0.05) is 0 Å². The van der Waals surface area contributed by atoms with Crippen molar-refractivity contribution in [3.05, 3.63) is 35.4 Å². The van der Waals surface area contributed by atoms with Gasteiger partial charge in [0.15, 0.2) is 0 Å². The Morgan fingerprint density at radius 3 is 2.00 bits per heavy atom. The van der Waals surface area contributed by atoms with E-state index in [4.69, 9.17) is 10.5 Å². The Balaban J connectivity index is 2.66.